The zero-order chi connectivity index (χ0) is 38.2. The Hall–Kier alpha value is -4.82. The molecule has 4 aromatic rings. The minimum absolute atomic E-state index is 0.0818. The van der Waals surface area contributed by atoms with Gasteiger partial charge in [-0.05, 0) is 47.9 Å². The van der Waals surface area contributed by atoms with E-state index in [1.807, 2.05) is 58.0 Å². The Labute approximate surface area is 308 Å². The topological polar surface area (TPSA) is 216 Å². The van der Waals surface area contributed by atoms with E-state index in [1.165, 1.54) is 10.9 Å². The van der Waals surface area contributed by atoms with Crippen molar-refractivity contribution in [2.24, 2.45) is 23.0 Å². The van der Waals surface area contributed by atoms with E-state index in [9.17, 15) is 18.9 Å². The minimum Gasteiger partial charge on any atom is -0.464 e. The van der Waals surface area contributed by atoms with Crippen LogP contribution in [0.1, 0.15) is 52.5 Å². The third-order valence-electron chi connectivity index (χ3n) is 9.29. The second kappa shape index (κ2) is 17.3. The highest BCUT2D eigenvalue weighted by molar-refractivity contribution is 7.52. The van der Waals surface area contributed by atoms with Gasteiger partial charge in [0.1, 0.15) is 30.8 Å². The number of anilines is 1. The molecule has 2 heterocycles. The van der Waals surface area contributed by atoms with Gasteiger partial charge in [-0.2, -0.15) is 10.1 Å². The first-order chi connectivity index (χ1) is 25.3. The largest absolute Gasteiger partial charge is 0.464 e. The molecule has 6 N–H and O–H groups in total. The highest BCUT2D eigenvalue weighted by atomic mass is 31.2. The smallest absolute Gasteiger partial charge is 0.459 e. The van der Waals surface area contributed by atoms with Gasteiger partial charge in [0, 0.05) is 6.20 Å². The van der Waals surface area contributed by atoms with Crippen LogP contribution < -0.4 is 26.6 Å². The highest BCUT2D eigenvalue weighted by Gasteiger charge is 2.53. The molecule has 5 rings (SSSR count). The van der Waals surface area contributed by atoms with Crippen molar-refractivity contribution < 1.29 is 32.7 Å². The van der Waals surface area contributed by atoms with Gasteiger partial charge in [0.2, 0.25) is 5.95 Å². The lowest BCUT2D eigenvalue weighted by molar-refractivity contribution is -0.149. The SMILES string of the molecule is CCC(CC)COC(=O)[C@H](Cc1ccccc1)N[P@](=O)(OCC1(COC(=O)[C@@H](N)C(C)C)C/C1=C/n1cnc2c(=O)[nH]c(N)nc21)Oc1ccccc1. The van der Waals surface area contributed by atoms with Crippen LogP contribution in [0.15, 0.2) is 77.4 Å². The molecular weight excluding hydrogens is 701 g/mol. The number of hydrogen-bond donors (Lipinski definition) is 4. The number of para-hydroxylation sites is 1. The number of benzene rings is 2. The van der Waals surface area contributed by atoms with Gasteiger partial charge in [0.05, 0.1) is 18.6 Å². The second-order valence-corrected chi connectivity index (χ2v) is 15.3. The summed E-state index contributed by atoms with van der Waals surface area (Å²) in [5.74, 6) is -1.06. The Bertz CT molecular complexity index is 2000. The van der Waals surface area contributed by atoms with Gasteiger partial charge in [-0.1, -0.05) is 89.1 Å². The molecule has 0 radical (unpaired) electrons. The summed E-state index contributed by atoms with van der Waals surface area (Å²) in [7, 11) is -4.37. The fraction of sp³-hybridized carbons (Fsp3) is 0.432. The van der Waals surface area contributed by atoms with Gasteiger partial charge in [-0.25, -0.2) is 9.55 Å². The van der Waals surface area contributed by atoms with E-state index in [1.54, 1.807) is 36.5 Å². The van der Waals surface area contributed by atoms with Crippen molar-refractivity contribution >= 4 is 43.0 Å². The molecule has 0 saturated heterocycles. The third-order valence-corrected chi connectivity index (χ3v) is 10.8. The molecule has 15 nitrogen and oxygen atoms in total. The van der Waals surface area contributed by atoms with E-state index in [0.29, 0.717) is 12.0 Å². The number of rotatable bonds is 19. The number of fused-ring (bicyclic) bond motifs is 1. The van der Waals surface area contributed by atoms with Gasteiger partial charge < -0.3 is 25.5 Å². The molecule has 0 amide bonds. The molecule has 0 aliphatic heterocycles. The van der Waals surface area contributed by atoms with Crippen molar-refractivity contribution in [2.75, 3.05) is 25.6 Å². The van der Waals surface area contributed by atoms with Crippen LogP contribution >= 0.6 is 7.75 Å². The zero-order valence-electron chi connectivity index (χ0n) is 30.4. The number of imidazole rings is 1. The van der Waals surface area contributed by atoms with Gasteiger partial charge in [-0.15, -0.1) is 0 Å². The number of nitrogen functional groups attached to an aromatic ring is 1. The summed E-state index contributed by atoms with van der Waals surface area (Å²) in [6.45, 7) is 7.45. The molecular formula is C37H48N7O8P. The Morgan fingerprint density at radius 2 is 1.72 bits per heavy atom. The van der Waals surface area contributed by atoms with Crippen molar-refractivity contribution in [2.45, 2.75) is 65.5 Å². The molecule has 1 aliphatic carbocycles. The molecule has 16 heteroatoms. The molecule has 2 aromatic carbocycles. The van der Waals surface area contributed by atoms with Crippen molar-refractivity contribution in [1.29, 1.82) is 0 Å². The lowest BCUT2D eigenvalue weighted by atomic mass is 10.0. The fourth-order valence-corrected chi connectivity index (χ4v) is 7.16. The Balaban J connectivity index is 1.46. The summed E-state index contributed by atoms with van der Waals surface area (Å²) >= 11 is 0. The second-order valence-electron chi connectivity index (χ2n) is 13.6. The van der Waals surface area contributed by atoms with Crippen LogP contribution in [0, 0.1) is 17.3 Å². The Morgan fingerprint density at radius 1 is 1.04 bits per heavy atom. The van der Waals surface area contributed by atoms with Crippen LogP contribution in [0.2, 0.25) is 0 Å². The first-order valence-corrected chi connectivity index (χ1v) is 19.2. The van der Waals surface area contributed by atoms with E-state index >= 15 is 0 Å². The number of H-pyrrole nitrogens is 1. The lowest BCUT2D eigenvalue weighted by Crippen LogP contribution is -2.40. The number of carbonyl (C=O) groups excluding carboxylic acids is 2. The zero-order valence-corrected chi connectivity index (χ0v) is 31.3. The number of nitrogens with zero attached hydrogens (tertiary/aromatic N) is 3. The predicted molar refractivity (Wildman–Crippen MR) is 200 cm³/mol. The maximum absolute atomic E-state index is 14.8. The number of nitrogens with two attached hydrogens (primary N) is 2. The lowest BCUT2D eigenvalue weighted by Gasteiger charge is -2.27. The summed E-state index contributed by atoms with van der Waals surface area (Å²) in [5, 5.41) is 2.89. The molecule has 53 heavy (non-hydrogen) atoms. The summed E-state index contributed by atoms with van der Waals surface area (Å²) < 4.78 is 40.0. The first kappa shape index (κ1) is 39.4. The Kier molecular flexibility index (Phi) is 12.9. The molecule has 4 atom stereocenters. The molecule has 1 unspecified atom stereocenters. The number of aromatic nitrogens is 4. The number of ether oxygens (including phenoxy) is 2. The van der Waals surface area contributed by atoms with E-state index in [4.69, 9.17) is 30.0 Å². The summed E-state index contributed by atoms with van der Waals surface area (Å²) in [4.78, 5) is 49.8. The van der Waals surface area contributed by atoms with Crippen molar-refractivity contribution in [1.82, 2.24) is 24.6 Å². The fourth-order valence-electron chi connectivity index (χ4n) is 5.58. The highest BCUT2D eigenvalue weighted by Crippen LogP contribution is 2.56. The predicted octanol–water partition coefficient (Wildman–Crippen LogP) is 4.84. The van der Waals surface area contributed by atoms with Gasteiger partial charge in [-0.3, -0.25) is 28.5 Å². The monoisotopic (exact) mass is 749 g/mol. The number of carbonyl (C=O) groups is 2. The van der Waals surface area contributed by atoms with Crippen LogP contribution in [0.25, 0.3) is 17.4 Å². The van der Waals surface area contributed by atoms with Crippen LogP contribution in [-0.2, 0) is 34.6 Å². The van der Waals surface area contributed by atoms with Crippen LogP contribution in [0.3, 0.4) is 0 Å². The van der Waals surface area contributed by atoms with Crippen LogP contribution in [0.4, 0.5) is 5.95 Å². The van der Waals surface area contributed by atoms with E-state index in [2.05, 4.69) is 20.0 Å². The molecule has 0 bridgehead atoms. The van der Waals surface area contributed by atoms with E-state index in [-0.39, 0.29) is 60.9 Å². The van der Waals surface area contributed by atoms with Crippen LogP contribution in [-0.4, -0.2) is 63.4 Å². The van der Waals surface area contributed by atoms with Gasteiger partial charge in [0.25, 0.3) is 5.56 Å². The van der Waals surface area contributed by atoms with Crippen molar-refractivity contribution in [3.63, 3.8) is 0 Å². The minimum atomic E-state index is -4.37. The van der Waals surface area contributed by atoms with E-state index in [0.717, 1.165) is 18.4 Å². The van der Waals surface area contributed by atoms with E-state index < -0.39 is 42.7 Å². The average Bonchev–Trinajstić information content (AvgIpc) is 3.68. The number of hydrogen-bond acceptors (Lipinski definition) is 12. The normalized spacial score (nSPS) is 18.5. The Morgan fingerprint density at radius 3 is 2.38 bits per heavy atom. The van der Waals surface area contributed by atoms with Crippen molar-refractivity contribution in [3.8, 4) is 5.75 Å². The maximum Gasteiger partial charge on any atom is 0.459 e. The van der Waals surface area contributed by atoms with Crippen molar-refractivity contribution in [3.05, 3.63) is 88.5 Å². The number of nitrogens with one attached hydrogen (secondary N) is 2. The van der Waals surface area contributed by atoms with Gasteiger partial charge in [0.15, 0.2) is 11.2 Å². The van der Waals surface area contributed by atoms with Gasteiger partial charge >= 0.3 is 19.7 Å². The summed E-state index contributed by atoms with van der Waals surface area (Å²) in [5.41, 5.74) is 12.2. The molecule has 284 valence electrons. The standard InChI is InChI=1S/C37H48N7O8P/c1-5-25(6-2)20-49-34(46)29(17-26-13-9-7-10-14-26)43-53(48,52-28-15-11-8-12-16-28)51-22-37(21-50-35(47)30(38)24(3)4)18-27(37)19-44-23-40-31-32(44)41-36(39)42-33(31)45/h7-16,19,23-25,29-30H,5-6,17-18,20-22,38H2,1-4H3,(H,43,48)(H3,39,41,42,45)/b27-19-/t29-,30-,37?,53-/m0/s1. The molecule has 0 spiro atoms. The third kappa shape index (κ3) is 10.2. The summed E-state index contributed by atoms with van der Waals surface area (Å²) in [6, 6.07) is 15.7. The molecule has 1 saturated carbocycles. The molecule has 1 aliphatic rings. The first-order valence-electron chi connectivity index (χ1n) is 17.7. The molecule has 1 fully saturated rings. The number of esters is 2. The summed E-state index contributed by atoms with van der Waals surface area (Å²) in [6.07, 6.45) is 5.24. The average molecular weight is 750 g/mol. The molecule has 2 aromatic heterocycles. The number of aromatic amines is 1. The quantitative estimate of drug-likeness (QED) is 0.0747. The maximum atomic E-state index is 14.8. The van der Waals surface area contributed by atoms with Crippen LogP contribution in [0.5, 0.6) is 5.75 Å².